The molecule has 0 amide bonds. The molecule has 0 bridgehead atoms. The van der Waals surface area contributed by atoms with Crippen LogP contribution in [0.4, 0.5) is 8.78 Å². The van der Waals surface area contributed by atoms with Crippen LogP contribution in [0.2, 0.25) is 0 Å². The summed E-state index contributed by atoms with van der Waals surface area (Å²) in [6.45, 7) is 1.53. The van der Waals surface area contributed by atoms with E-state index in [1.165, 1.54) is 17.6 Å². The van der Waals surface area contributed by atoms with Crippen LogP contribution in [-0.2, 0) is 27.8 Å². The number of carbonyl (C=O) groups excluding carboxylic acids is 1. The lowest BCUT2D eigenvalue weighted by atomic mass is 9.85. The van der Waals surface area contributed by atoms with Gasteiger partial charge in [0.05, 0.1) is 23.4 Å². The molecular weight excluding hydrogens is 370 g/mol. The molecule has 0 unspecified atom stereocenters. The van der Waals surface area contributed by atoms with Crippen LogP contribution >= 0.6 is 0 Å². The van der Waals surface area contributed by atoms with Gasteiger partial charge in [-0.2, -0.15) is 8.78 Å². The predicted molar refractivity (Wildman–Crippen MR) is 94.7 cm³/mol. The maximum Gasteiger partial charge on any atom is 0.434 e. The average molecular weight is 384 g/mol. The summed E-state index contributed by atoms with van der Waals surface area (Å²) in [4.78, 5) is 29.6. The number of nitrogens with zero attached hydrogens (tertiary/aromatic N) is 2. The number of alkyl halides is 2. The second-order valence-corrected chi connectivity index (χ2v) is 7.02. The van der Waals surface area contributed by atoms with Gasteiger partial charge < -0.3 is 14.4 Å². The van der Waals surface area contributed by atoms with E-state index in [1.807, 2.05) is 30.3 Å². The topological polar surface area (TPSA) is 81.4 Å². The molecule has 142 valence electrons. The van der Waals surface area contributed by atoms with Gasteiger partial charge in [-0.25, -0.2) is 9.78 Å². The molecule has 3 aromatic rings. The van der Waals surface area contributed by atoms with E-state index < -0.39 is 34.4 Å². The summed E-state index contributed by atoms with van der Waals surface area (Å²) in [6, 6.07) is 10.5. The number of hydrogen-bond donors (Lipinski definition) is 1. The van der Waals surface area contributed by atoms with E-state index in [9.17, 15) is 23.5 Å². The lowest BCUT2D eigenvalue weighted by Gasteiger charge is -2.35. The molecular formula is C20H14F2N2O4. The smallest absolute Gasteiger partial charge is 0.394 e. The number of cyclic esters (lactones) is 1. The van der Waals surface area contributed by atoms with E-state index in [2.05, 4.69) is 9.72 Å². The molecule has 0 saturated heterocycles. The van der Waals surface area contributed by atoms with E-state index in [0.717, 1.165) is 5.39 Å². The third-order valence-electron chi connectivity index (χ3n) is 5.48. The van der Waals surface area contributed by atoms with E-state index in [1.54, 1.807) is 0 Å². The number of halogens is 2. The zero-order valence-corrected chi connectivity index (χ0v) is 14.7. The SMILES string of the molecule is CC[C@@]1(O)C(=O)OC(F)(F)c2c1cc1n(c2=O)Cc2cc3ccccc3nc2-1. The molecule has 0 fully saturated rings. The highest BCUT2D eigenvalue weighted by atomic mass is 19.3. The summed E-state index contributed by atoms with van der Waals surface area (Å²) in [6.07, 6.45) is -4.32. The molecule has 2 aliphatic heterocycles. The number of carbonyl (C=O) groups is 1. The Labute approximate surface area is 157 Å². The van der Waals surface area contributed by atoms with Crippen LogP contribution in [0.5, 0.6) is 0 Å². The number of aromatic nitrogens is 2. The fourth-order valence-electron chi connectivity index (χ4n) is 3.98. The van der Waals surface area contributed by atoms with Crippen molar-refractivity contribution in [2.24, 2.45) is 0 Å². The normalized spacial score (nSPS) is 21.8. The van der Waals surface area contributed by atoms with Crippen molar-refractivity contribution < 1.29 is 23.4 Å². The highest BCUT2D eigenvalue weighted by Gasteiger charge is 2.57. The first-order valence-corrected chi connectivity index (χ1v) is 8.77. The third-order valence-corrected chi connectivity index (χ3v) is 5.48. The van der Waals surface area contributed by atoms with Gasteiger partial charge in [-0.15, -0.1) is 0 Å². The number of pyridine rings is 2. The quantitative estimate of drug-likeness (QED) is 0.510. The minimum atomic E-state index is -4.11. The van der Waals surface area contributed by atoms with Gasteiger partial charge in [0.1, 0.15) is 5.56 Å². The fraction of sp³-hybridized carbons (Fsp3) is 0.250. The Hall–Kier alpha value is -3.13. The standard InChI is InChI=1S/C20H14F2N2O4/c1-2-19(27)12-8-14-16-11(7-10-5-3-4-6-13(10)23-16)9-24(14)17(25)15(12)20(21,22)28-18(19)26/h3-8,27H,2,9H2,1H3/t19-/m0/s1. The maximum atomic E-state index is 14.4. The van der Waals surface area contributed by atoms with E-state index in [0.29, 0.717) is 22.5 Å². The number of rotatable bonds is 1. The molecule has 1 N–H and O–H groups in total. The van der Waals surface area contributed by atoms with E-state index in [4.69, 9.17) is 0 Å². The van der Waals surface area contributed by atoms with Crippen molar-refractivity contribution >= 4 is 16.9 Å². The van der Waals surface area contributed by atoms with Gasteiger partial charge >= 0.3 is 12.1 Å². The molecule has 6 nitrogen and oxygen atoms in total. The minimum Gasteiger partial charge on any atom is -0.394 e. The molecule has 2 aliphatic rings. The zero-order valence-electron chi connectivity index (χ0n) is 14.7. The van der Waals surface area contributed by atoms with Crippen molar-refractivity contribution in [3.63, 3.8) is 0 Å². The number of aliphatic hydroxyl groups is 1. The van der Waals surface area contributed by atoms with Crippen molar-refractivity contribution in [1.29, 1.82) is 0 Å². The van der Waals surface area contributed by atoms with Gasteiger partial charge in [0.15, 0.2) is 5.60 Å². The van der Waals surface area contributed by atoms with Crippen LogP contribution in [0.25, 0.3) is 22.3 Å². The number of fused-ring (bicyclic) bond motifs is 5. The van der Waals surface area contributed by atoms with Crippen molar-refractivity contribution in [3.05, 3.63) is 63.4 Å². The van der Waals surface area contributed by atoms with Crippen LogP contribution in [0.15, 0.2) is 41.2 Å². The predicted octanol–water partition coefficient (Wildman–Crippen LogP) is 2.63. The van der Waals surface area contributed by atoms with E-state index in [-0.39, 0.29) is 13.0 Å². The maximum absolute atomic E-state index is 14.4. The lowest BCUT2D eigenvalue weighted by molar-refractivity contribution is -0.265. The Morgan fingerprint density at radius 2 is 2.00 bits per heavy atom. The van der Waals surface area contributed by atoms with Crippen molar-refractivity contribution in [2.75, 3.05) is 0 Å². The van der Waals surface area contributed by atoms with Crippen LogP contribution in [0, 0.1) is 0 Å². The van der Waals surface area contributed by atoms with Crippen molar-refractivity contribution in [2.45, 2.75) is 31.6 Å². The van der Waals surface area contributed by atoms with Crippen LogP contribution in [-0.4, -0.2) is 20.6 Å². The molecule has 28 heavy (non-hydrogen) atoms. The molecule has 1 atom stereocenters. The lowest BCUT2D eigenvalue weighted by Crippen LogP contribution is -2.50. The number of esters is 1. The molecule has 5 rings (SSSR count). The van der Waals surface area contributed by atoms with Crippen molar-refractivity contribution in [3.8, 4) is 11.4 Å². The fourth-order valence-corrected chi connectivity index (χ4v) is 3.98. The van der Waals surface area contributed by atoms with E-state index >= 15 is 0 Å². The van der Waals surface area contributed by atoms with Crippen molar-refractivity contribution in [1.82, 2.24) is 9.55 Å². The summed E-state index contributed by atoms with van der Waals surface area (Å²) in [5.74, 6) is -1.47. The zero-order chi connectivity index (χ0) is 19.8. The molecule has 2 aromatic heterocycles. The molecule has 0 spiro atoms. The van der Waals surface area contributed by atoms with Gasteiger partial charge in [0, 0.05) is 16.5 Å². The number of benzene rings is 1. The Bertz CT molecular complexity index is 1250. The Morgan fingerprint density at radius 3 is 2.75 bits per heavy atom. The second kappa shape index (κ2) is 5.23. The number of ether oxygens (including phenoxy) is 1. The Balaban J connectivity index is 1.85. The summed E-state index contributed by atoms with van der Waals surface area (Å²) in [5.41, 5.74) is -2.58. The molecule has 8 heteroatoms. The summed E-state index contributed by atoms with van der Waals surface area (Å²) in [5, 5.41) is 11.6. The second-order valence-electron chi connectivity index (χ2n) is 7.02. The Morgan fingerprint density at radius 1 is 1.25 bits per heavy atom. The average Bonchev–Trinajstić information content (AvgIpc) is 3.02. The molecule has 0 radical (unpaired) electrons. The highest BCUT2D eigenvalue weighted by molar-refractivity contribution is 5.86. The molecule has 4 heterocycles. The van der Waals surface area contributed by atoms with Crippen LogP contribution in [0.3, 0.4) is 0 Å². The first-order chi connectivity index (χ1) is 13.3. The first kappa shape index (κ1) is 17.0. The number of hydrogen-bond acceptors (Lipinski definition) is 5. The Kier molecular flexibility index (Phi) is 3.17. The van der Waals surface area contributed by atoms with Gasteiger partial charge in [-0.05, 0) is 24.6 Å². The number of para-hydroxylation sites is 1. The largest absolute Gasteiger partial charge is 0.434 e. The summed E-state index contributed by atoms with van der Waals surface area (Å²) >= 11 is 0. The van der Waals surface area contributed by atoms with Gasteiger partial charge in [0.25, 0.3) is 5.56 Å². The monoisotopic (exact) mass is 384 g/mol. The van der Waals surface area contributed by atoms with Gasteiger partial charge in [-0.3, -0.25) is 4.79 Å². The molecule has 0 saturated carbocycles. The third kappa shape index (κ3) is 2.00. The summed E-state index contributed by atoms with van der Waals surface area (Å²) in [7, 11) is 0. The van der Waals surface area contributed by atoms with Gasteiger partial charge in [-0.1, -0.05) is 25.1 Å². The molecule has 1 aromatic carbocycles. The highest BCUT2D eigenvalue weighted by Crippen LogP contribution is 2.45. The summed E-state index contributed by atoms with van der Waals surface area (Å²) < 4.78 is 34.2. The first-order valence-electron chi connectivity index (χ1n) is 8.77. The van der Waals surface area contributed by atoms with Crippen LogP contribution < -0.4 is 5.56 Å². The minimum absolute atomic E-state index is 0.0726. The van der Waals surface area contributed by atoms with Crippen LogP contribution in [0.1, 0.15) is 30.0 Å². The molecule has 0 aliphatic carbocycles. The van der Waals surface area contributed by atoms with Gasteiger partial charge in [0.2, 0.25) is 0 Å².